The Morgan fingerprint density at radius 1 is 1.12 bits per heavy atom. The molecule has 1 N–H and O–H groups in total. The maximum atomic E-state index is 3.53. The number of unbranched alkanes of at least 4 members (excludes halogenated alkanes) is 2. The Morgan fingerprint density at radius 3 is 2.44 bits per heavy atom. The molecule has 0 aromatic carbocycles. The van der Waals surface area contributed by atoms with Gasteiger partial charge in [0, 0.05) is 15.3 Å². The van der Waals surface area contributed by atoms with E-state index in [9.17, 15) is 0 Å². The molecule has 1 heterocycles. The quantitative estimate of drug-likeness (QED) is 0.735. The van der Waals surface area contributed by atoms with Crippen LogP contribution in [0.15, 0.2) is 12.1 Å². The Kier molecular flexibility index (Phi) is 5.50. The van der Waals surface area contributed by atoms with Crippen LogP contribution >= 0.6 is 11.3 Å². The molecule has 0 spiro atoms. The SMILES string of the molecule is Cc1ccc(CCCCCNC(C)(C)C)s1. The number of aryl methyl sites for hydroxylation is 2. The minimum atomic E-state index is 0.269. The van der Waals surface area contributed by atoms with Gasteiger partial charge in [-0.25, -0.2) is 0 Å². The maximum absolute atomic E-state index is 3.53. The van der Waals surface area contributed by atoms with E-state index in [0.29, 0.717) is 0 Å². The van der Waals surface area contributed by atoms with Crippen LogP contribution in [0, 0.1) is 6.92 Å². The molecule has 0 amide bonds. The molecule has 0 saturated heterocycles. The predicted octanol–water partition coefficient (Wildman–Crippen LogP) is 4.16. The number of rotatable bonds is 6. The average Bonchev–Trinajstić information content (AvgIpc) is 2.56. The van der Waals surface area contributed by atoms with E-state index in [0.717, 1.165) is 6.54 Å². The van der Waals surface area contributed by atoms with E-state index in [4.69, 9.17) is 0 Å². The summed E-state index contributed by atoms with van der Waals surface area (Å²) < 4.78 is 0. The first-order valence-corrected chi connectivity index (χ1v) is 7.09. The highest BCUT2D eigenvalue weighted by atomic mass is 32.1. The minimum absolute atomic E-state index is 0.269. The van der Waals surface area contributed by atoms with Crippen molar-refractivity contribution in [2.45, 2.75) is 58.9 Å². The van der Waals surface area contributed by atoms with Crippen LogP contribution in [0.2, 0.25) is 0 Å². The molecule has 16 heavy (non-hydrogen) atoms. The third-order valence-corrected chi connectivity index (χ3v) is 3.61. The van der Waals surface area contributed by atoms with Gasteiger partial charge in [-0.3, -0.25) is 0 Å². The molecule has 2 heteroatoms. The summed E-state index contributed by atoms with van der Waals surface area (Å²) >= 11 is 1.94. The molecule has 0 unspecified atom stereocenters. The average molecular weight is 239 g/mol. The van der Waals surface area contributed by atoms with Gasteiger partial charge in [0.05, 0.1) is 0 Å². The lowest BCUT2D eigenvalue weighted by atomic mass is 10.1. The van der Waals surface area contributed by atoms with Gasteiger partial charge >= 0.3 is 0 Å². The Bertz CT molecular complexity index is 296. The topological polar surface area (TPSA) is 12.0 Å². The summed E-state index contributed by atoms with van der Waals surface area (Å²) in [5.41, 5.74) is 0.269. The standard InChI is InChI=1S/C14H25NS/c1-12-9-10-13(16-12)8-6-5-7-11-15-14(2,3)4/h9-10,15H,5-8,11H2,1-4H3. The predicted molar refractivity (Wildman–Crippen MR) is 74.4 cm³/mol. The van der Waals surface area contributed by atoms with Crippen molar-refractivity contribution in [2.24, 2.45) is 0 Å². The summed E-state index contributed by atoms with van der Waals surface area (Å²) in [6, 6.07) is 4.49. The van der Waals surface area contributed by atoms with Crippen molar-refractivity contribution in [1.82, 2.24) is 5.32 Å². The molecule has 0 fully saturated rings. The normalized spacial score (nSPS) is 12.0. The number of nitrogens with one attached hydrogen (secondary N) is 1. The van der Waals surface area contributed by atoms with Crippen molar-refractivity contribution in [3.8, 4) is 0 Å². The van der Waals surface area contributed by atoms with Crippen molar-refractivity contribution in [3.05, 3.63) is 21.9 Å². The molecule has 0 aliphatic heterocycles. The van der Waals surface area contributed by atoms with E-state index in [2.05, 4.69) is 45.1 Å². The van der Waals surface area contributed by atoms with E-state index in [1.807, 2.05) is 11.3 Å². The van der Waals surface area contributed by atoms with Crippen LogP contribution in [0.5, 0.6) is 0 Å². The molecule has 1 aromatic heterocycles. The van der Waals surface area contributed by atoms with E-state index in [1.165, 1.54) is 30.6 Å². The summed E-state index contributed by atoms with van der Waals surface area (Å²) in [5, 5.41) is 3.53. The van der Waals surface area contributed by atoms with Gasteiger partial charge < -0.3 is 5.32 Å². The Morgan fingerprint density at radius 2 is 1.88 bits per heavy atom. The smallest absolute Gasteiger partial charge is 0.00965 e. The van der Waals surface area contributed by atoms with Crippen molar-refractivity contribution < 1.29 is 0 Å². The van der Waals surface area contributed by atoms with Crippen LogP contribution in [0.3, 0.4) is 0 Å². The molecule has 0 atom stereocenters. The molecule has 1 nitrogen and oxygen atoms in total. The molecule has 0 aliphatic carbocycles. The summed E-state index contributed by atoms with van der Waals surface area (Å²) in [7, 11) is 0. The zero-order valence-corrected chi connectivity index (χ0v) is 11.9. The molecule has 0 saturated carbocycles. The Labute approximate surface area is 104 Å². The zero-order chi connectivity index (χ0) is 12.0. The fourth-order valence-corrected chi connectivity index (χ4v) is 2.62. The van der Waals surface area contributed by atoms with Crippen LogP contribution in [0.25, 0.3) is 0 Å². The van der Waals surface area contributed by atoms with Gasteiger partial charge in [-0.2, -0.15) is 0 Å². The summed E-state index contributed by atoms with van der Waals surface area (Å²) in [5.74, 6) is 0. The maximum Gasteiger partial charge on any atom is 0.00965 e. The van der Waals surface area contributed by atoms with E-state index in [-0.39, 0.29) is 5.54 Å². The molecule has 1 rings (SSSR count). The highest BCUT2D eigenvalue weighted by Crippen LogP contribution is 2.17. The number of hydrogen-bond donors (Lipinski definition) is 1. The lowest BCUT2D eigenvalue weighted by Crippen LogP contribution is -2.36. The molecule has 0 aliphatic rings. The van der Waals surface area contributed by atoms with Gasteiger partial charge in [0.1, 0.15) is 0 Å². The van der Waals surface area contributed by atoms with Gasteiger partial charge in [0.25, 0.3) is 0 Å². The van der Waals surface area contributed by atoms with E-state index < -0.39 is 0 Å². The lowest BCUT2D eigenvalue weighted by molar-refractivity contribution is 0.417. The third kappa shape index (κ3) is 6.29. The highest BCUT2D eigenvalue weighted by Gasteiger charge is 2.06. The second-order valence-corrected chi connectivity index (χ2v) is 6.87. The Hall–Kier alpha value is -0.340. The molecule has 92 valence electrons. The van der Waals surface area contributed by atoms with Crippen LogP contribution in [0.1, 0.15) is 49.8 Å². The number of hydrogen-bond acceptors (Lipinski definition) is 2. The number of thiophene rings is 1. The van der Waals surface area contributed by atoms with Crippen LogP contribution in [-0.4, -0.2) is 12.1 Å². The van der Waals surface area contributed by atoms with Gasteiger partial charge in [-0.1, -0.05) is 6.42 Å². The van der Waals surface area contributed by atoms with Crippen LogP contribution < -0.4 is 5.32 Å². The fraction of sp³-hybridized carbons (Fsp3) is 0.714. The van der Waals surface area contributed by atoms with Gasteiger partial charge in [-0.05, 0) is 65.6 Å². The summed E-state index contributed by atoms with van der Waals surface area (Å²) in [4.78, 5) is 2.98. The van der Waals surface area contributed by atoms with Crippen molar-refractivity contribution in [1.29, 1.82) is 0 Å². The van der Waals surface area contributed by atoms with Crippen molar-refractivity contribution in [3.63, 3.8) is 0 Å². The van der Waals surface area contributed by atoms with Gasteiger partial charge in [0.2, 0.25) is 0 Å². The van der Waals surface area contributed by atoms with Crippen LogP contribution in [-0.2, 0) is 6.42 Å². The minimum Gasteiger partial charge on any atom is -0.312 e. The summed E-state index contributed by atoms with van der Waals surface area (Å²) in [6.45, 7) is 10.00. The van der Waals surface area contributed by atoms with E-state index in [1.54, 1.807) is 4.88 Å². The lowest BCUT2D eigenvalue weighted by Gasteiger charge is -2.20. The largest absolute Gasteiger partial charge is 0.312 e. The first kappa shape index (κ1) is 13.7. The third-order valence-electron chi connectivity index (χ3n) is 2.55. The molecule has 1 aromatic rings. The van der Waals surface area contributed by atoms with Gasteiger partial charge in [-0.15, -0.1) is 11.3 Å². The van der Waals surface area contributed by atoms with E-state index >= 15 is 0 Å². The molecule has 0 bridgehead atoms. The first-order valence-electron chi connectivity index (χ1n) is 6.28. The molecular weight excluding hydrogens is 214 g/mol. The van der Waals surface area contributed by atoms with Gasteiger partial charge in [0.15, 0.2) is 0 Å². The van der Waals surface area contributed by atoms with Crippen molar-refractivity contribution in [2.75, 3.05) is 6.54 Å². The fourth-order valence-electron chi connectivity index (χ4n) is 1.68. The monoisotopic (exact) mass is 239 g/mol. The first-order chi connectivity index (χ1) is 7.47. The summed E-state index contributed by atoms with van der Waals surface area (Å²) in [6.07, 6.45) is 5.21. The molecular formula is C14H25NS. The zero-order valence-electron chi connectivity index (χ0n) is 11.1. The molecule has 0 radical (unpaired) electrons. The van der Waals surface area contributed by atoms with Crippen molar-refractivity contribution >= 4 is 11.3 Å². The second-order valence-electron chi connectivity index (χ2n) is 5.50. The Balaban J connectivity index is 2.00. The second kappa shape index (κ2) is 6.41. The van der Waals surface area contributed by atoms with Crippen LogP contribution in [0.4, 0.5) is 0 Å². The highest BCUT2D eigenvalue weighted by molar-refractivity contribution is 7.11.